The molecule has 0 bridgehead atoms. The molecular formula is C20H24N4O2. The smallest absolute Gasteiger partial charge is 0.269 e. The molecule has 1 aliphatic heterocycles. The van der Waals surface area contributed by atoms with E-state index >= 15 is 0 Å². The maximum absolute atomic E-state index is 10.7. The lowest BCUT2D eigenvalue weighted by Gasteiger charge is -2.45. The summed E-state index contributed by atoms with van der Waals surface area (Å²) in [5.41, 5.74) is 7.47. The molecule has 0 amide bonds. The van der Waals surface area contributed by atoms with Gasteiger partial charge in [0.2, 0.25) is 0 Å². The Morgan fingerprint density at radius 2 is 1.96 bits per heavy atom. The molecule has 2 aromatic rings. The van der Waals surface area contributed by atoms with Crippen LogP contribution >= 0.6 is 0 Å². The highest BCUT2D eigenvalue weighted by atomic mass is 16.6. The second-order valence-electron chi connectivity index (χ2n) is 7.47. The van der Waals surface area contributed by atoms with Crippen LogP contribution in [0, 0.1) is 10.1 Å². The average Bonchev–Trinajstić information content (AvgIpc) is 2.60. The zero-order valence-electron chi connectivity index (χ0n) is 15.6. The number of hydrogen-bond acceptors (Lipinski definition) is 5. The molecule has 0 fully saturated rings. The van der Waals surface area contributed by atoms with Crippen LogP contribution in [0.4, 0.5) is 17.1 Å². The van der Waals surface area contributed by atoms with Crippen molar-refractivity contribution in [2.45, 2.75) is 38.6 Å². The van der Waals surface area contributed by atoms with Crippen LogP contribution in [-0.4, -0.2) is 23.7 Å². The van der Waals surface area contributed by atoms with Crippen LogP contribution in [0.5, 0.6) is 0 Å². The van der Waals surface area contributed by atoms with E-state index in [4.69, 9.17) is 0 Å². The van der Waals surface area contributed by atoms with E-state index in [1.165, 1.54) is 23.4 Å². The van der Waals surface area contributed by atoms with Crippen LogP contribution in [0.15, 0.2) is 47.6 Å². The fraction of sp³-hybridized carbons (Fsp3) is 0.350. The average molecular weight is 352 g/mol. The Morgan fingerprint density at radius 1 is 1.27 bits per heavy atom. The van der Waals surface area contributed by atoms with Gasteiger partial charge in [-0.25, -0.2) is 0 Å². The molecule has 1 heterocycles. The summed E-state index contributed by atoms with van der Waals surface area (Å²) < 4.78 is 0. The van der Waals surface area contributed by atoms with Crippen molar-refractivity contribution in [2.75, 3.05) is 17.4 Å². The number of nitrogens with one attached hydrogen (secondary N) is 1. The van der Waals surface area contributed by atoms with Crippen LogP contribution < -0.4 is 10.3 Å². The highest BCUT2D eigenvalue weighted by molar-refractivity contribution is 5.82. The first-order valence-electron chi connectivity index (χ1n) is 8.69. The Labute approximate surface area is 153 Å². The number of anilines is 2. The number of hydrogen-bond donors (Lipinski definition) is 1. The van der Waals surface area contributed by atoms with E-state index < -0.39 is 4.92 Å². The van der Waals surface area contributed by atoms with E-state index in [2.05, 4.69) is 61.4 Å². The zero-order chi connectivity index (χ0) is 18.9. The maximum atomic E-state index is 10.7. The summed E-state index contributed by atoms with van der Waals surface area (Å²) in [4.78, 5) is 12.6. The normalized spacial score (nSPS) is 18.6. The van der Waals surface area contributed by atoms with Gasteiger partial charge < -0.3 is 4.90 Å². The quantitative estimate of drug-likeness (QED) is 0.489. The van der Waals surface area contributed by atoms with E-state index in [9.17, 15) is 10.1 Å². The molecule has 1 aliphatic rings. The third-order valence-corrected chi connectivity index (χ3v) is 5.14. The molecule has 6 heteroatoms. The fourth-order valence-corrected chi connectivity index (χ4v) is 3.51. The Hall–Kier alpha value is -2.89. The lowest BCUT2D eigenvalue weighted by atomic mass is 9.80. The number of nitrogens with zero attached hydrogens (tertiary/aromatic N) is 3. The second kappa shape index (κ2) is 6.78. The van der Waals surface area contributed by atoms with E-state index in [1.807, 2.05) is 0 Å². The molecule has 0 aromatic heterocycles. The predicted octanol–water partition coefficient (Wildman–Crippen LogP) is 4.76. The Balaban J connectivity index is 1.74. The van der Waals surface area contributed by atoms with Gasteiger partial charge in [-0.2, -0.15) is 5.10 Å². The molecule has 1 N–H and O–H groups in total. The molecule has 1 atom stereocenters. The first-order valence-corrected chi connectivity index (χ1v) is 8.69. The summed E-state index contributed by atoms with van der Waals surface area (Å²) in [7, 11) is 2.15. The van der Waals surface area contributed by atoms with E-state index in [1.54, 1.807) is 18.3 Å². The van der Waals surface area contributed by atoms with Crippen molar-refractivity contribution in [3.8, 4) is 0 Å². The van der Waals surface area contributed by atoms with Gasteiger partial charge in [0.25, 0.3) is 5.69 Å². The molecule has 0 radical (unpaired) electrons. The van der Waals surface area contributed by atoms with Crippen molar-refractivity contribution in [3.05, 3.63) is 63.7 Å². The first-order chi connectivity index (χ1) is 12.3. The van der Waals surface area contributed by atoms with E-state index in [0.717, 1.165) is 12.0 Å². The van der Waals surface area contributed by atoms with Crippen molar-refractivity contribution < 1.29 is 4.92 Å². The predicted molar refractivity (Wildman–Crippen MR) is 106 cm³/mol. The summed E-state index contributed by atoms with van der Waals surface area (Å²) in [6, 6.07) is 12.6. The minimum Gasteiger partial charge on any atom is -0.369 e. The molecule has 2 aromatic carbocycles. The number of nitro benzene ring substituents is 1. The van der Waals surface area contributed by atoms with Crippen LogP contribution in [0.1, 0.15) is 44.2 Å². The van der Waals surface area contributed by atoms with Gasteiger partial charge in [-0.15, -0.1) is 0 Å². The van der Waals surface area contributed by atoms with Gasteiger partial charge in [-0.1, -0.05) is 13.0 Å². The van der Waals surface area contributed by atoms with Crippen LogP contribution in [0.25, 0.3) is 0 Å². The first kappa shape index (κ1) is 17.9. The van der Waals surface area contributed by atoms with Gasteiger partial charge in [0.1, 0.15) is 0 Å². The molecule has 0 saturated carbocycles. The molecule has 0 spiro atoms. The number of benzene rings is 2. The number of nitro groups is 1. The van der Waals surface area contributed by atoms with Gasteiger partial charge >= 0.3 is 0 Å². The molecule has 3 rings (SSSR count). The van der Waals surface area contributed by atoms with Gasteiger partial charge in [0, 0.05) is 30.4 Å². The maximum Gasteiger partial charge on any atom is 0.269 e. The lowest BCUT2D eigenvalue weighted by Crippen LogP contribution is -2.45. The van der Waals surface area contributed by atoms with Gasteiger partial charge in [-0.05, 0) is 61.6 Å². The van der Waals surface area contributed by atoms with Crippen molar-refractivity contribution >= 4 is 23.3 Å². The number of non-ortho nitro benzene ring substituents is 1. The third kappa shape index (κ3) is 3.54. The van der Waals surface area contributed by atoms with Crippen LogP contribution in [0.3, 0.4) is 0 Å². The van der Waals surface area contributed by atoms with Gasteiger partial charge in [0.15, 0.2) is 0 Å². The standard InChI is InChI=1S/C20H24N4O2/c1-14-12-20(2,3)23(4)19-10-5-15(11-18(14)19)13-21-22-16-6-8-17(9-7-16)24(25)26/h5-11,13-14,22H,12H2,1-4H3/b21-13-. The fourth-order valence-electron chi connectivity index (χ4n) is 3.51. The minimum atomic E-state index is -0.417. The van der Waals surface area contributed by atoms with Crippen molar-refractivity contribution in [1.29, 1.82) is 0 Å². The van der Waals surface area contributed by atoms with Crippen molar-refractivity contribution in [3.63, 3.8) is 0 Å². The molecule has 136 valence electrons. The summed E-state index contributed by atoms with van der Waals surface area (Å²) in [5, 5.41) is 14.9. The SMILES string of the molecule is CC1CC(C)(C)N(C)c2ccc(/C=N\Nc3ccc([N+](=O)[O-])cc3)cc21. The lowest BCUT2D eigenvalue weighted by molar-refractivity contribution is -0.384. The van der Waals surface area contributed by atoms with Gasteiger partial charge in [-0.3, -0.25) is 15.5 Å². The molecular weight excluding hydrogens is 328 g/mol. The largest absolute Gasteiger partial charge is 0.369 e. The van der Waals surface area contributed by atoms with Crippen LogP contribution in [0.2, 0.25) is 0 Å². The van der Waals surface area contributed by atoms with Crippen molar-refractivity contribution in [2.24, 2.45) is 5.10 Å². The summed E-state index contributed by atoms with van der Waals surface area (Å²) >= 11 is 0. The van der Waals surface area contributed by atoms with Gasteiger partial charge in [0.05, 0.1) is 16.8 Å². The highest BCUT2D eigenvalue weighted by Crippen LogP contribution is 2.42. The second-order valence-corrected chi connectivity index (χ2v) is 7.47. The molecule has 0 aliphatic carbocycles. The van der Waals surface area contributed by atoms with Crippen LogP contribution in [-0.2, 0) is 0 Å². The Bertz CT molecular complexity index is 843. The zero-order valence-corrected chi connectivity index (χ0v) is 15.6. The summed E-state index contributed by atoms with van der Waals surface area (Å²) in [6.07, 6.45) is 2.88. The molecule has 1 unspecified atom stereocenters. The van der Waals surface area contributed by atoms with E-state index in [-0.39, 0.29) is 11.2 Å². The highest BCUT2D eigenvalue weighted by Gasteiger charge is 2.33. The Morgan fingerprint density at radius 3 is 2.62 bits per heavy atom. The Kier molecular flexibility index (Phi) is 4.68. The third-order valence-electron chi connectivity index (χ3n) is 5.14. The number of fused-ring (bicyclic) bond motifs is 1. The minimum absolute atomic E-state index is 0.0650. The summed E-state index contributed by atoms with van der Waals surface area (Å²) in [5.74, 6) is 0.493. The summed E-state index contributed by atoms with van der Waals surface area (Å²) in [6.45, 7) is 6.81. The number of hydrazone groups is 1. The number of rotatable bonds is 4. The molecule has 26 heavy (non-hydrogen) atoms. The van der Waals surface area contributed by atoms with Crippen molar-refractivity contribution in [1.82, 2.24) is 0 Å². The molecule has 6 nitrogen and oxygen atoms in total. The molecule has 0 saturated heterocycles. The topological polar surface area (TPSA) is 70.8 Å². The monoisotopic (exact) mass is 352 g/mol. The van der Waals surface area contributed by atoms with E-state index in [0.29, 0.717) is 11.6 Å².